The van der Waals surface area contributed by atoms with Crippen LogP contribution in [0.2, 0.25) is 0 Å². The van der Waals surface area contributed by atoms with E-state index in [0.717, 1.165) is 70.3 Å². The van der Waals surface area contributed by atoms with Crippen molar-refractivity contribution >= 4 is 11.6 Å². The largest absolute Gasteiger partial charge is 0.495 e. The first-order valence-corrected chi connectivity index (χ1v) is 10.7. The number of benzene rings is 1. The Morgan fingerprint density at radius 1 is 0.933 bits per heavy atom. The highest BCUT2D eigenvalue weighted by molar-refractivity contribution is 5.78. The highest BCUT2D eigenvalue weighted by Gasteiger charge is 2.25. The molecule has 0 radical (unpaired) electrons. The van der Waals surface area contributed by atoms with Gasteiger partial charge in [-0.15, -0.1) is 0 Å². The number of pyridine rings is 1. The second-order valence-corrected chi connectivity index (χ2v) is 7.95. The van der Waals surface area contributed by atoms with E-state index in [0.29, 0.717) is 6.54 Å². The van der Waals surface area contributed by atoms with Crippen LogP contribution in [0.3, 0.4) is 0 Å². The number of piperazine rings is 2. The molecule has 2 aliphatic rings. The summed E-state index contributed by atoms with van der Waals surface area (Å²) in [6.07, 6.45) is 3.74. The van der Waals surface area contributed by atoms with Crippen molar-refractivity contribution in [2.75, 3.05) is 70.9 Å². The fraction of sp³-hybridized carbons (Fsp3) is 0.478. The number of aromatic nitrogens is 1. The van der Waals surface area contributed by atoms with E-state index < -0.39 is 0 Å². The van der Waals surface area contributed by atoms with Crippen molar-refractivity contribution in [3.63, 3.8) is 0 Å². The summed E-state index contributed by atoms with van der Waals surface area (Å²) >= 11 is 0. The summed E-state index contributed by atoms with van der Waals surface area (Å²) in [4.78, 5) is 26.1. The number of hydrogen-bond acceptors (Lipinski definition) is 6. The molecule has 1 amide bonds. The molecule has 0 unspecified atom stereocenters. The van der Waals surface area contributed by atoms with Crippen LogP contribution in [0.15, 0.2) is 48.8 Å². The fourth-order valence-corrected chi connectivity index (χ4v) is 4.23. The summed E-state index contributed by atoms with van der Waals surface area (Å²) in [7, 11) is 1.70. The number of anilines is 1. The Morgan fingerprint density at radius 2 is 1.67 bits per heavy atom. The predicted molar refractivity (Wildman–Crippen MR) is 118 cm³/mol. The lowest BCUT2D eigenvalue weighted by atomic mass is 10.2. The van der Waals surface area contributed by atoms with Crippen LogP contribution < -0.4 is 9.64 Å². The van der Waals surface area contributed by atoms with Crippen molar-refractivity contribution in [2.45, 2.75) is 6.54 Å². The molecule has 7 heteroatoms. The Labute approximate surface area is 178 Å². The average Bonchev–Trinajstić information content (AvgIpc) is 2.81. The molecule has 0 saturated carbocycles. The third-order valence-corrected chi connectivity index (χ3v) is 6.01. The van der Waals surface area contributed by atoms with E-state index >= 15 is 0 Å². The number of hydrogen-bond donors (Lipinski definition) is 0. The van der Waals surface area contributed by atoms with Crippen molar-refractivity contribution in [1.29, 1.82) is 0 Å². The second-order valence-electron chi connectivity index (χ2n) is 7.95. The van der Waals surface area contributed by atoms with Crippen LogP contribution in [-0.4, -0.2) is 91.6 Å². The van der Waals surface area contributed by atoms with Crippen LogP contribution in [0, 0.1) is 0 Å². The summed E-state index contributed by atoms with van der Waals surface area (Å²) < 4.78 is 5.48. The molecule has 7 nitrogen and oxygen atoms in total. The maximum absolute atomic E-state index is 12.8. The monoisotopic (exact) mass is 409 g/mol. The van der Waals surface area contributed by atoms with Gasteiger partial charge in [-0.05, 0) is 23.8 Å². The Bertz CT molecular complexity index is 815. The van der Waals surface area contributed by atoms with Gasteiger partial charge in [0, 0.05) is 71.3 Å². The van der Waals surface area contributed by atoms with Crippen molar-refractivity contribution in [3.05, 3.63) is 54.4 Å². The molecule has 3 heterocycles. The molecule has 0 spiro atoms. The van der Waals surface area contributed by atoms with Crippen LogP contribution in [0.5, 0.6) is 5.75 Å². The number of nitrogens with zero attached hydrogens (tertiary/aromatic N) is 5. The molecule has 2 aliphatic heterocycles. The first kappa shape index (κ1) is 20.6. The zero-order chi connectivity index (χ0) is 20.8. The van der Waals surface area contributed by atoms with Gasteiger partial charge in [-0.25, -0.2) is 0 Å². The molecule has 2 fully saturated rings. The molecule has 1 aromatic heterocycles. The predicted octanol–water partition coefficient (Wildman–Crippen LogP) is 1.56. The van der Waals surface area contributed by atoms with E-state index in [-0.39, 0.29) is 5.91 Å². The van der Waals surface area contributed by atoms with Crippen molar-refractivity contribution in [3.8, 4) is 5.75 Å². The van der Waals surface area contributed by atoms with E-state index in [1.807, 2.05) is 41.6 Å². The average molecular weight is 410 g/mol. The van der Waals surface area contributed by atoms with Gasteiger partial charge >= 0.3 is 0 Å². The van der Waals surface area contributed by atoms with Crippen LogP contribution >= 0.6 is 0 Å². The number of methoxy groups -OCH3 is 1. The van der Waals surface area contributed by atoms with Crippen molar-refractivity contribution < 1.29 is 9.53 Å². The number of amides is 1. The standard InChI is InChI=1S/C23H31N5O2/c1-30-22-7-3-2-6-21(22)27-13-15-28(16-14-27)23(29)19-26-11-9-25(10-12-26)18-20-5-4-8-24-17-20/h2-8,17H,9-16,18-19H2,1H3. The van der Waals surface area contributed by atoms with Gasteiger partial charge in [0.1, 0.15) is 5.75 Å². The maximum atomic E-state index is 12.8. The van der Waals surface area contributed by atoms with E-state index in [9.17, 15) is 4.79 Å². The normalized spacial score (nSPS) is 18.4. The van der Waals surface area contributed by atoms with Crippen LogP contribution in [0.25, 0.3) is 0 Å². The van der Waals surface area contributed by atoms with Crippen LogP contribution in [-0.2, 0) is 11.3 Å². The minimum Gasteiger partial charge on any atom is -0.495 e. The molecule has 4 rings (SSSR count). The first-order valence-electron chi connectivity index (χ1n) is 10.7. The molecule has 30 heavy (non-hydrogen) atoms. The van der Waals surface area contributed by atoms with Gasteiger partial charge in [-0.3, -0.25) is 19.6 Å². The molecular weight excluding hydrogens is 378 g/mol. The SMILES string of the molecule is COc1ccccc1N1CCN(C(=O)CN2CCN(Cc3cccnc3)CC2)CC1. The Hall–Kier alpha value is -2.64. The summed E-state index contributed by atoms with van der Waals surface area (Å²) in [5.74, 6) is 1.14. The Balaban J connectivity index is 1.21. The number of rotatable bonds is 6. The summed E-state index contributed by atoms with van der Waals surface area (Å²) in [5, 5.41) is 0. The number of ether oxygens (including phenoxy) is 1. The minimum atomic E-state index is 0.246. The topological polar surface area (TPSA) is 52.2 Å². The zero-order valence-corrected chi connectivity index (χ0v) is 17.7. The third-order valence-electron chi connectivity index (χ3n) is 6.01. The molecule has 2 saturated heterocycles. The molecule has 0 bridgehead atoms. The summed E-state index contributed by atoms with van der Waals surface area (Å²) in [5.41, 5.74) is 2.35. The maximum Gasteiger partial charge on any atom is 0.236 e. The van der Waals surface area contributed by atoms with E-state index in [1.54, 1.807) is 7.11 Å². The minimum absolute atomic E-state index is 0.246. The van der Waals surface area contributed by atoms with Gasteiger partial charge in [-0.1, -0.05) is 18.2 Å². The van der Waals surface area contributed by atoms with E-state index in [1.165, 1.54) is 5.56 Å². The van der Waals surface area contributed by atoms with Gasteiger partial charge in [-0.2, -0.15) is 0 Å². The van der Waals surface area contributed by atoms with Gasteiger partial charge in [0.05, 0.1) is 19.3 Å². The van der Waals surface area contributed by atoms with Crippen molar-refractivity contribution in [1.82, 2.24) is 19.7 Å². The summed E-state index contributed by atoms with van der Waals surface area (Å²) in [6.45, 7) is 8.51. The van der Waals surface area contributed by atoms with Crippen LogP contribution in [0.4, 0.5) is 5.69 Å². The van der Waals surface area contributed by atoms with E-state index in [2.05, 4.69) is 31.8 Å². The fourth-order valence-electron chi connectivity index (χ4n) is 4.23. The highest BCUT2D eigenvalue weighted by atomic mass is 16.5. The molecule has 0 N–H and O–H groups in total. The molecule has 2 aromatic rings. The second kappa shape index (κ2) is 9.91. The van der Waals surface area contributed by atoms with Crippen molar-refractivity contribution in [2.24, 2.45) is 0 Å². The van der Waals surface area contributed by atoms with E-state index in [4.69, 9.17) is 4.74 Å². The highest BCUT2D eigenvalue weighted by Crippen LogP contribution is 2.28. The quantitative estimate of drug-likeness (QED) is 0.722. The Morgan fingerprint density at radius 3 is 2.37 bits per heavy atom. The van der Waals surface area contributed by atoms with Gasteiger partial charge in [0.25, 0.3) is 0 Å². The first-order chi connectivity index (χ1) is 14.7. The number of carbonyl (C=O) groups excluding carboxylic acids is 1. The van der Waals surface area contributed by atoms with Crippen LogP contribution in [0.1, 0.15) is 5.56 Å². The molecule has 1 aromatic carbocycles. The zero-order valence-electron chi connectivity index (χ0n) is 17.7. The summed E-state index contributed by atoms with van der Waals surface area (Å²) in [6, 6.07) is 12.2. The molecular formula is C23H31N5O2. The lowest BCUT2D eigenvalue weighted by molar-refractivity contribution is -0.133. The number of para-hydroxylation sites is 2. The smallest absolute Gasteiger partial charge is 0.236 e. The molecule has 0 aliphatic carbocycles. The van der Waals surface area contributed by atoms with Gasteiger partial charge in [0.15, 0.2) is 0 Å². The molecule has 160 valence electrons. The lowest BCUT2D eigenvalue weighted by Crippen LogP contribution is -2.53. The van der Waals surface area contributed by atoms with Gasteiger partial charge < -0.3 is 14.5 Å². The third kappa shape index (κ3) is 5.09. The lowest BCUT2D eigenvalue weighted by Gasteiger charge is -2.39. The molecule has 0 atom stereocenters. The number of carbonyl (C=O) groups is 1. The van der Waals surface area contributed by atoms with Gasteiger partial charge in [0.2, 0.25) is 5.91 Å². The Kier molecular flexibility index (Phi) is 6.81.